The molecule has 2 unspecified atom stereocenters. The number of ether oxygens (including phenoxy) is 1. The smallest absolute Gasteiger partial charge is 0.305 e. The van der Waals surface area contributed by atoms with Gasteiger partial charge in [0.15, 0.2) is 6.10 Å². The summed E-state index contributed by atoms with van der Waals surface area (Å²) < 4.78 is 5.31. The monoisotopic (exact) mass is 359 g/mol. The Labute approximate surface area is 151 Å². The van der Waals surface area contributed by atoms with Gasteiger partial charge in [0.25, 0.3) is 5.91 Å². The van der Waals surface area contributed by atoms with Gasteiger partial charge in [-0.15, -0.1) is 11.8 Å². The molecule has 0 aromatic heterocycles. The summed E-state index contributed by atoms with van der Waals surface area (Å²) in [4.78, 5) is 24.9. The number of hydrogen-bond acceptors (Lipinski definition) is 4. The first-order valence-corrected chi connectivity index (χ1v) is 9.01. The highest BCUT2D eigenvalue weighted by atomic mass is 32.2. The average molecular weight is 359 g/mol. The van der Waals surface area contributed by atoms with Gasteiger partial charge >= 0.3 is 5.97 Å². The summed E-state index contributed by atoms with van der Waals surface area (Å²) in [6.07, 6.45) is 0.979. The standard InChI is InChI=1S/C19H21NO4S/c1-24-18(14-6-4-3-5-7-14)19(23)20-16(12-17(21)22)13-8-10-15(25-2)11-9-13/h3-11,16,18H,12H2,1-2H3,(H,20,23)(H,21,22). The molecule has 0 saturated heterocycles. The Morgan fingerprint density at radius 2 is 1.72 bits per heavy atom. The number of amides is 1. The fraction of sp³-hybridized carbons (Fsp3) is 0.263. The van der Waals surface area contributed by atoms with Crippen LogP contribution in [0.25, 0.3) is 0 Å². The zero-order valence-electron chi connectivity index (χ0n) is 14.1. The Balaban J connectivity index is 2.20. The zero-order valence-corrected chi connectivity index (χ0v) is 15.0. The number of carboxylic acids is 1. The number of carbonyl (C=O) groups is 2. The fourth-order valence-electron chi connectivity index (χ4n) is 2.53. The van der Waals surface area contributed by atoms with E-state index < -0.39 is 18.1 Å². The Bertz CT molecular complexity index is 703. The molecular weight excluding hydrogens is 338 g/mol. The maximum absolute atomic E-state index is 12.6. The van der Waals surface area contributed by atoms with Crippen LogP contribution in [0, 0.1) is 0 Å². The Hall–Kier alpha value is -2.31. The number of hydrogen-bond donors (Lipinski definition) is 2. The quantitative estimate of drug-likeness (QED) is 0.706. The number of carboxylic acid groups (broad SMARTS) is 1. The van der Waals surface area contributed by atoms with Crippen molar-refractivity contribution in [1.29, 1.82) is 0 Å². The summed E-state index contributed by atoms with van der Waals surface area (Å²) in [5, 5.41) is 12.0. The number of carbonyl (C=O) groups excluding carboxylic acids is 1. The SMILES string of the molecule is COC(C(=O)NC(CC(=O)O)c1ccc(SC)cc1)c1ccccc1. The van der Waals surface area contributed by atoms with Crippen LogP contribution >= 0.6 is 11.8 Å². The predicted molar refractivity (Wildman–Crippen MR) is 97.6 cm³/mol. The van der Waals surface area contributed by atoms with E-state index in [2.05, 4.69) is 5.32 Å². The normalized spacial score (nSPS) is 13.0. The van der Waals surface area contributed by atoms with E-state index in [-0.39, 0.29) is 12.3 Å². The van der Waals surface area contributed by atoms with Gasteiger partial charge in [-0.3, -0.25) is 9.59 Å². The lowest BCUT2D eigenvalue weighted by Crippen LogP contribution is -2.34. The molecule has 1 amide bonds. The molecule has 2 atom stereocenters. The van der Waals surface area contributed by atoms with Crippen molar-refractivity contribution in [3.63, 3.8) is 0 Å². The molecule has 0 spiro atoms. The zero-order chi connectivity index (χ0) is 18.2. The minimum Gasteiger partial charge on any atom is -0.481 e. The van der Waals surface area contributed by atoms with Crippen LogP contribution in [-0.4, -0.2) is 30.3 Å². The topological polar surface area (TPSA) is 75.6 Å². The minimum atomic E-state index is -0.979. The molecule has 0 aliphatic rings. The van der Waals surface area contributed by atoms with Gasteiger partial charge in [-0.25, -0.2) is 0 Å². The predicted octanol–water partition coefficient (Wildman–Crippen LogP) is 3.43. The molecular formula is C19H21NO4S. The van der Waals surface area contributed by atoms with Gasteiger partial charge in [0.1, 0.15) is 0 Å². The van der Waals surface area contributed by atoms with Crippen LogP contribution in [-0.2, 0) is 14.3 Å². The first kappa shape index (κ1) is 19.0. The highest BCUT2D eigenvalue weighted by Gasteiger charge is 2.25. The number of aliphatic carboxylic acids is 1. The van der Waals surface area contributed by atoms with Crippen molar-refractivity contribution in [1.82, 2.24) is 5.32 Å². The summed E-state index contributed by atoms with van der Waals surface area (Å²) >= 11 is 1.60. The third-order valence-corrected chi connectivity index (χ3v) is 4.53. The molecule has 2 rings (SSSR count). The lowest BCUT2D eigenvalue weighted by atomic mass is 10.0. The lowest BCUT2D eigenvalue weighted by molar-refractivity contribution is -0.138. The number of rotatable bonds is 8. The third kappa shape index (κ3) is 5.34. The molecule has 0 heterocycles. The van der Waals surface area contributed by atoms with Crippen molar-refractivity contribution < 1.29 is 19.4 Å². The van der Waals surface area contributed by atoms with E-state index >= 15 is 0 Å². The van der Waals surface area contributed by atoms with Crippen molar-refractivity contribution in [3.8, 4) is 0 Å². The third-order valence-electron chi connectivity index (χ3n) is 3.79. The van der Waals surface area contributed by atoms with Crippen molar-refractivity contribution in [2.24, 2.45) is 0 Å². The minimum absolute atomic E-state index is 0.199. The Morgan fingerprint density at radius 3 is 2.24 bits per heavy atom. The van der Waals surface area contributed by atoms with Crippen molar-refractivity contribution >= 4 is 23.6 Å². The molecule has 0 bridgehead atoms. The highest BCUT2D eigenvalue weighted by molar-refractivity contribution is 7.98. The van der Waals surface area contributed by atoms with Crippen LogP contribution in [0.3, 0.4) is 0 Å². The second-order valence-electron chi connectivity index (χ2n) is 5.46. The van der Waals surface area contributed by atoms with Gasteiger partial charge < -0.3 is 15.2 Å². The Morgan fingerprint density at radius 1 is 1.08 bits per heavy atom. The van der Waals surface area contributed by atoms with Crippen LogP contribution in [0.1, 0.15) is 29.7 Å². The van der Waals surface area contributed by atoms with E-state index in [0.29, 0.717) is 5.56 Å². The largest absolute Gasteiger partial charge is 0.481 e. The van der Waals surface area contributed by atoms with E-state index in [0.717, 1.165) is 10.5 Å². The fourth-order valence-corrected chi connectivity index (χ4v) is 2.94. The van der Waals surface area contributed by atoms with Crippen LogP contribution in [0.4, 0.5) is 0 Å². The van der Waals surface area contributed by atoms with Crippen molar-refractivity contribution in [2.45, 2.75) is 23.5 Å². The van der Waals surface area contributed by atoms with E-state index in [1.54, 1.807) is 23.9 Å². The van der Waals surface area contributed by atoms with Gasteiger partial charge in [-0.1, -0.05) is 42.5 Å². The van der Waals surface area contributed by atoms with Gasteiger partial charge in [0, 0.05) is 12.0 Å². The van der Waals surface area contributed by atoms with Crippen molar-refractivity contribution in [3.05, 3.63) is 65.7 Å². The Kier molecular flexibility index (Phi) is 7.03. The molecule has 25 heavy (non-hydrogen) atoms. The first-order chi connectivity index (χ1) is 12.0. The van der Waals surface area contributed by atoms with Crippen molar-refractivity contribution in [2.75, 3.05) is 13.4 Å². The second kappa shape index (κ2) is 9.25. The molecule has 0 radical (unpaired) electrons. The molecule has 0 fully saturated rings. The van der Waals surface area contributed by atoms with Crippen LogP contribution in [0.5, 0.6) is 0 Å². The molecule has 2 aromatic carbocycles. The molecule has 2 aromatic rings. The summed E-state index contributed by atoms with van der Waals surface area (Å²) in [5.74, 6) is -1.35. The lowest BCUT2D eigenvalue weighted by Gasteiger charge is -2.22. The van der Waals surface area contributed by atoms with Crippen LogP contribution in [0.2, 0.25) is 0 Å². The van der Waals surface area contributed by atoms with Gasteiger partial charge in [-0.2, -0.15) is 0 Å². The number of benzene rings is 2. The van der Waals surface area contributed by atoms with E-state index in [1.165, 1.54) is 7.11 Å². The summed E-state index contributed by atoms with van der Waals surface area (Å²) in [5.41, 5.74) is 1.46. The number of nitrogens with one attached hydrogen (secondary N) is 1. The van der Waals surface area contributed by atoms with Crippen LogP contribution < -0.4 is 5.32 Å². The second-order valence-corrected chi connectivity index (χ2v) is 6.34. The van der Waals surface area contributed by atoms with Gasteiger partial charge in [0.05, 0.1) is 12.5 Å². The molecule has 0 saturated carbocycles. The molecule has 0 aliphatic carbocycles. The molecule has 132 valence electrons. The van der Waals surface area contributed by atoms with E-state index in [1.807, 2.05) is 48.7 Å². The summed E-state index contributed by atoms with van der Waals surface area (Å²) in [6.45, 7) is 0. The number of thioether (sulfide) groups is 1. The van der Waals surface area contributed by atoms with E-state index in [9.17, 15) is 14.7 Å². The van der Waals surface area contributed by atoms with E-state index in [4.69, 9.17) is 4.74 Å². The number of methoxy groups -OCH3 is 1. The highest BCUT2D eigenvalue weighted by Crippen LogP contribution is 2.23. The maximum atomic E-state index is 12.6. The molecule has 0 aliphatic heterocycles. The van der Waals surface area contributed by atoms with Gasteiger partial charge in [0.2, 0.25) is 0 Å². The average Bonchev–Trinajstić information content (AvgIpc) is 2.62. The molecule has 2 N–H and O–H groups in total. The van der Waals surface area contributed by atoms with Crippen LogP contribution in [0.15, 0.2) is 59.5 Å². The first-order valence-electron chi connectivity index (χ1n) is 7.79. The summed E-state index contributed by atoms with van der Waals surface area (Å²) in [7, 11) is 1.46. The maximum Gasteiger partial charge on any atom is 0.305 e. The molecule has 5 nitrogen and oxygen atoms in total. The summed E-state index contributed by atoms with van der Waals surface area (Å²) in [6, 6.07) is 16.0. The van der Waals surface area contributed by atoms with Gasteiger partial charge in [-0.05, 0) is 29.5 Å². The molecule has 6 heteroatoms.